The molecule has 0 amide bonds. The normalized spacial score (nSPS) is 23.0. The average molecular weight is 290 g/mol. The Bertz CT molecular complexity index is 495. The van der Waals surface area contributed by atoms with Crippen LogP contribution in [-0.2, 0) is 9.57 Å². The molecule has 6 heteroatoms. The van der Waals surface area contributed by atoms with Crippen molar-refractivity contribution in [2.75, 3.05) is 44.7 Å². The van der Waals surface area contributed by atoms with Crippen molar-refractivity contribution < 1.29 is 9.57 Å². The van der Waals surface area contributed by atoms with Crippen LogP contribution in [-0.4, -0.2) is 57.0 Å². The second-order valence-electron chi connectivity index (χ2n) is 5.30. The largest absolute Gasteiger partial charge is 0.369 e. The molecular formula is C15H22N4O2. The van der Waals surface area contributed by atoms with E-state index >= 15 is 0 Å². The Morgan fingerprint density at radius 3 is 2.62 bits per heavy atom. The highest BCUT2D eigenvalue weighted by molar-refractivity contribution is 5.99. The number of hydrogen-bond acceptors (Lipinski definition) is 6. The first kappa shape index (κ1) is 14.3. The molecule has 0 radical (unpaired) electrons. The van der Waals surface area contributed by atoms with Crippen LogP contribution in [0, 0.1) is 0 Å². The predicted octanol–water partition coefficient (Wildman–Crippen LogP) is 1.04. The molecular weight excluding hydrogens is 268 g/mol. The summed E-state index contributed by atoms with van der Waals surface area (Å²) in [6.45, 7) is 6.86. The Hall–Kier alpha value is -1.63. The van der Waals surface area contributed by atoms with Crippen LogP contribution in [0.5, 0.6) is 0 Å². The molecule has 1 aromatic rings. The second-order valence-corrected chi connectivity index (χ2v) is 5.30. The highest BCUT2D eigenvalue weighted by Gasteiger charge is 2.19. The zero-order valence-corrected chi connectivity index (χ0v) is 12.6. The van der Waals surface area contributed by atoms with Gasteiger partial charge in [-0.05, 0) is 38.2 Å². The summed E-state index contributed by atoms with van der Waals surface area (Å²) in [7, 11) is 2.17. The SMILES string of the molecule is CCOC1N=C(c2ccc(N3CCN(C)CC3)cc2)NO1. The Morgan fingerprint density at radius 2 is 1.95 bits per heavy atom. The van der Waals surface area contributed by atoms with Crippen LogP contribution in [0.2, 0.25) is 0 Å². The lowest BCUT2D eigenvalue weighted by Crippen LogP contribution is -2.44. The molecule has 114 valence electrons. The fraction of sp³-hybridized carbons (Fsp3) is 0.533. The zero-order valence-electron chi connectivity index (χ0n) is 12.6. The van der Waals surface area contributed by atoms with E-state index < -0.39 is 6.41 Å². The van der Waals surface area contributed by atoms with E-state index in [-0.39, 0.29) is 0 Å². The fourth-order valence-corrected chi connectivity index (χ4v) is 2.51. The molecule has 6 nitrogen and oxygen atoms in total. The van der Waals surface area contributed by atoms with Crippen molar-refractivity contribution >= 4 is 11.5 Å². The van der Waals surface area contributed by atoms with Gasteiger partial charge in [0.1, 0.15) is 0 Å². The molecule has 1 fully saturated rings. The van der Waals surface area contributed by atoms with Crippen molar-refractivity contribution in [3.63, 3.8) is 0 Å². The molecule has 2 heterocycles. The molecule has 1 aromatic carbocycles. The number of hydroxylamine groups is 1. The summed E-state index contributed by atoms with van der Waals surface area (Å²) in [5.74, 6) is 0.721. The summed E-state index contributed by atoms with van der Waals surface area (Å²) in [5.41, 5.74) is 5.08. The standard InChI is InChI=1S/C15H22N4O2/c1-3-20-15-16-14(17-21-15)12-4-6-13(7-5-12)19-10-8-18(2)9-11-19/h4-7,15H,3,8-11H2,1-2H3,(H,16,17). The first-order valence-electron chi connectivity index (χ1n) is 7.41. The molecule has 0 saturated carbocycles. The van der Waals surface area contributed by atoms with Gasteiger partial charge < -0.3 is 14.5 Å². The molecule has 0 aromatic heterocycles. The quantitative estimate of drug-likeness (QED) is 0.898. The number of aliphatic imine (C=N–C) groups is 1. The van der Waals surface area contributed by atoms with Gasteiger partial charge in [-0.15, -0.1) is 0 Å². The van der Waals surface area contributed by atoms with Crippen molar-refractivity contribution in [3.05, 3.63) is 29.8 Å². The van der Waals surface area contributed by atoms with Crippen molar-refractivity contribution in [1.29, 1.82) is 0 Å². The van der Waals surface area contributed by atoms with Crippen LogP contribution in [0.3, 0.4) is 0 Å². The molecule has 21 heavy (non-hydrogen) atoms. The Morgan fingerprint density at radius 1 is 1.24 bits per heavy atom. The number of hydrogen-bond donors (Lipinski definition) is 1. The maximum absolute atomic E-state index is 5.30. The monoisotopic (exact) mass is 290 g/mol. The van der Waals surface area contributed by atoms with Crippen LogP contribution < -0.4 is 10.4 Å². The van der Waals surface area contributed by atoms with Gasteiger partial charge in [0.2, 0.25) is 0 Å². The lowest BCUT2D eigenvalue weighted by atomic mass is 10.1. The van der Waals surface area contributed by atoms with E-state index in [1.807, 2.05) is 6.92 Å². The molecule has 3 rings (SSSR count). The van der Waals surface area contributed by atoms with Crippen LogP contribution in [0.4, 0.5) is 5.69 Å². The first-order valence-corrected chi connectivity index (χ1v) is 7.41. The van der Waals surface area contributed by atoms with Gasteiger partial charge in [-0.1, -0.05) is 0 Å². The number of rotatable bonds is 4. The molecule has 1 N–H and O–H groups in total. The van der Waals surface area contributed by atoms with E-state index in [0.717, 1.165) is 37.6 Å². The predicted molar refractivity (Wildman–Crippen MR) is 82.3 cm³/mol. The lowest BCUT2D eigenvalue weighted by molar-refractivity contribution is -0.140. The topological polar surface area (TPSA) is 49.3 Å². The third kappa shape index (κ3) is 3.34. The molecule has 0 aliphatic carbocycles. The van der Waals surface area contributed by atoms with Gasteiger partial charge in [-0.3, -0.25) is 0 Å². The molecule has 1 atom stereocenters. The van der Waals surface area contributed by atoms with Gasteiger partial charge in [0, 0.05) is 44.0 Å². The Kier molecular flexibility index (Phi) is 4.38. The minimum atomic E-state index is -0.540. The van der Waals surface area contributed by atoms with E-state index in [0.29, 0.717) is 6.61 Å². The molecule has 1 unspecified atom stereocenters. The van der Waals surface area contributed by atoms with Gasteiger partial charge in [0.15, 0.2) is 5.84 Å². The summed E-state index contributed by atoms with van der Waals surface area (Å²) in [6.07, 6.45) is -0.540. The summed E-state index contributed by atoms with van der Waals surface area (Å²) < 4.78 is 5.30. The van der Waals surface area contributed by atoms with Crippen molar-refractivity contribution in [1.82, 2.24) is 10.4 Å². The zero-order chi connectivity index (χ0) is 14.7. The summed E-state index contributed by atoms with van der Waals surface area (Å²) >= 11 is 0. The number of nitrogens with zero attached hydrogens (tertiary/aromatic N) is 3. The van der Waals surface area contributed by atoms with Crippen molar-refractivity contribution in [2.24, 2.45) is 4.99 Å². The van der Waals surface area contributed by atoms with E-state index in [1.54, 1.807) is 0 Å². The maximum atomic E-state index is 5.30. The highest BCUT2D eigenvalue weighted by atomic mass is 16.8. The number of likely N-dealkylation sites (N-methyl/N-ethyl adjacent to an activating group) is 1. The van der Waals surface area contributed by atoms with E-state index in [4.69, 9.17) is 9.57 Å². The van der Waals surface area contributed by atoms with Gasteiger partial charge in [-0.2, -0.15) is 0 Å². The Balaban J connectivity index is 1.66. The van der Waals surface area contributed by atoms with Gasteiger partial charge in [-0.25, -0.2) is 15.3 Å². The van der Waals surface area contributed by atoms with Crippen molar-refractivity contribution in [2.45, 2.75) is 13.3 Å². The van der Waals surface area contributed by atoms with E-state index in [2.05, 4.69) is 51.6 Å². The molecule has 1 saturated heterocycles. The number of anilines is 1. The van der Waals surface area contributed by atoms with Gasteiger partial charge >= 0.3 is 0 Å². The van der Waals surface area contributed by atoms with Gasteiger partial charge in [0.25, 0.3) is 6.41 Å². The highest BCUT2D eigenvalue weighted by Crippen LogP contribution is 2.18. The average Bonchev–Trinajstić information content (AvgIpc) is 2.97. The number of benzene rings is 1. The fourth-order valence-electron chi connectivity index (χ4n) is 2.51. The molecule has 0 bridgehead atoms. The lowest BCUT2D eigenvalue weighted by Gasteiger charge is -2.34. The van der Waals surface area contributed by atoms with Crippen LogP contribution in [0.1, 0.15) is 12.5 Å². The van der Waals surface area contributed by atoms with Crippen LogP contribution >= 0.6 is 0 Å². The molecule has 0 spiro atoms. The summed E-state index contributed by atoms with van der Waals surface area (Å²) in [5, 5.41) is 0. The van der Waals surface area contributed by atoms with E-state index in [1.165, 1.54) is 5.69 Å². The number of piperazine rings is 1. The van der Waals surface area contributed by atoms with Crippen LogP contribution in [0.15, 0.2) is 29.3 Å². The van der Waals surface area contributed by atoms with Crippen LogP contribution in [0.25, 0.3) is 0 Å². The smallest absolute Gasteiger partial charge is 0.282 e. The number of nitrogens with one attached hydrogen (secondary N) is 1. The Labute approximate surface area is 125 Å². The maximum Gasteiger partial charge on any atom is 0.282 e. The molecule has 2 aliphatic rings. The first-order chi connectivity index (χ1) is 10.3. The third-order valence-electron chi connectivity index (χ3n) is 3.81. The van der Waals surface area contributed by atoms with Gasteiger partial charge in [0.05, 0.1) is 0 Å². The third-order valence-corrected chi connectivity index (χ3v) is 3.81. The number of amidine groups is 1. The second kappa shape index (κ2) is 6.43. The van der Waals surface area contributed by atoms with E-state index in [9.17, 15) is 0 Å². The van der Waals surface area contributed by atoms with Crippen molar-refractivity contribution in [3.8, 4) is 0 Å². The number of ether oxygens (including phenoxy) is 1. The minimum Gasteiger partial charge on any atom is -0.369 e. The summed E-state index contributed by atoms with van der Waals surface area (Å²) in [4.78, 5) is 14.3. The minimum absolute atomic E-state index is 0.540. The molecule has 2 aliphatic heterocycles. The summed E-state index contributed by atoms with van der Waals surface area (Å²) in [6, 6.07) is 8.41.